The second-order valence-corrected chi connectivity index (χ2v) is 9.00. The van der Waals surface area contributed by atoms with Gasteiger partial charge >= 0.3 is 0 Å². The molecule has 0 bridgehead atoms. The van der Waals surface area contributed by atoms with Crippen molar-refractivity contribution < 1.29 is 4.79 Å². The van der Waals surface area contributed by atoms with Crippen molar-refractivity contribution in [3.63, 3.8) is 0 Å². The molecule has 150 valence electrons. The Morgan fingerprint density at radius 1 is 0.933 bits per heavy atom. The fourth-order valence-corrected chi connectivity index (χ4v) is 4.50. The topological polar surface area (TPSA) is 42.0 Å². The van der Waals surface area contributed by atoms with Gasteiger partial charge in [0.05, 0.1) is 5.69 Å². The molecule has 0 atom stereocenters. The molecule has 1 aromatic heterocycles. The lowest BCUT2D eigenvalue weighted by Crippen LogP contribution is -2.11. The zero-order valence-corrected chi connectivity index (χ0v) is 18.3. The number of nitrogens with zero attached hydrogens (tertiary/aromatic N) is 1. The zero-order valence-electron chi connectivity index (χ0n) is 16.7. The van der Waals surface area contributed by atoms with Gasteiger partial charge in [-0.15, -0.1) is 23.1 Å². The van der Waals surface area contributed by atoms with Crippen LogP contribution in [0.25, 0.3) is 11.3 Å². The number of nitrogens with one attached hydrogen (secondary N) is 1. The van der Waals surface area contributed by atoms with Crippen molar-refractivity contribution >= 4 is 34.1 Å². The maximum absolute atomic E-state index is 12.5. The van der Waals surface area contributed by atoms with E-state index < -0.39 is 0 Å². The van der Waals surface area contributed by atoms with Crippen molar-refractivity contribution in [3.05, 3.63) is 101 Å². The molecule has 0 aliphatic carbocycles. The minimum absolute atomic E-state index is 0.137. The number of carbonyl (C=O) groups is 1. The van der Waals surface area contributed by atoms with Gasteiger partial charge in [0.1, 0.15) is 0 Å². The standard InChI is InChI=1S/C25H22N2OS2/c1-2-29-22-14-12-21(13-15-22)24(28)27-25-26-23(17-30-25)20-10-8-19(9-11-20)16-18-6-4-3-5-7-18/h3-15,17H,2,16H2,1H3,(H,26,27,28). The molecule has 0 saturated heterocycles. The van der Waals surface area contributed by atoms with E-state index >= 15 is 0 Å². The average Bonchev–Trinajstić information content (AvgIpc) is 3.24. The highest BCUT2D eigenvalue weighted by Gasteiger charge is 2.10. The summed E-state index contributed by atoms with van der Waals surface area (Å²) in [6, 6.07) is 26.5. The largest absolute Gasteiger partial charge is 0.298 e. The number of carbonyl (C=O) groups excluding carboxylic acids is 1. The third-order valence-corrected chi connectivity index (χ3v) is 6.30. The van der Waals surface area contributed by atoms with Gasteiger partial charge in [-0.05, 0) is 47.6 Å². The number of aromatic nitrogens is 1. The van der Waals surface area contributed by atoms with Crippen molar-refractivity contribution in [1.82, 2.24) is 4.98 Å². The highest BCUT2D eigenvalue weighted by molar-refractivity contribution is 7.99. The Morgan fingerprint density at radius 3 is 2.33 bits per heavy atom. The number of thiazole rings is 1. The summed E-state index contributed by atoms with van der Waals surface area (Å²) in [6.07, 6.45) is 0.912. The highest BCUT2D eigenvalue weighted by atomic mass is 32.2. The molecule has 1 N–H and O–H groups in total. The molecule has 3 aromatic carbocycles. The molecule has 3 nitrogen and oxygen atoms in total. The molecule has 4 aromatic rings. The summed E-state index contributed by atoms with van der Waals surface area (Å²) in [6.45, 7) is 2.11. The van der Waals surface area contributed by atoms with Crippen LogP contribution >= 0.6 is 23.1 Å². The maximum atomic E-state index is 12.5. The smallest absolute Gasteiger partial charge is 0.257 e. The van der Waals surface area contributed by atoms with E-state index in [4.69, 9.17) is 0 Å². The fraction of sp³-hybridized carbons (Fsp3) is 0.120. The lowest BCUT2D eigenvalue weighted by Gasteiger charge is -2.04. The minimum atomic E-state index is -0.137. The van der Waals surface area contributed by atoms with Crippen LogP contribution in [0.2, 0.25) is 0 Å². The van der Waals surface area contributed by atoms with Crippen LogP contribution in [0, 0.1) is 0 Å². The van der Waals surface area contributed by atoms with E-state index in [0.717, 1.165) is 23.4 Å². The van der Waals surface area contributed by atoms with Gasteiger partial charge in [-0.25, -0.2) is 4.98 Å². The third kappa shape index (κ3) is 5.17. The van der Waals surface area contributed by atoms with Gasteiger partial charge in [-0.1, -0.05) is 61.5 Å². The summed E-state index contributed by atoms with van der Waals surface area (Å²) >= 11 is 3.20. The SMILES string of the molecule is CCSc1ccc(C(=O)Nc2nc(-c3ccc(Cc4ccccc4)cc3)cs2)cc1. The molecular weight excluding hydrogens is 408 g/mol. The molecule has 1 heterocycles. The van der Waals surface area contributed by atoms with Gasteiger partial charge < -0.3 is 0 Å². The first-order chi connectivity index (χ1) is 14.7. The lowest BCUT2D eigenvalue weighted by molar-refractivity contribution is 0.102. The quantitative estimate of drug-likeness (QED) is 0.329. The number of hydrogen-bond donors (Lipinski definition) is 1. The Labute approximate surface area is 185 Å². The van der Waals surface area contributed by atoms with Crippen LogP contribution in [0.3, 0.4) is 0 Å². The zero-order chi connectivity index (χ0) is 20.8. The summed E-state index contributed by atoms with van der Waals surface area (Å²) in [4.78, 5) is 18.3. The maximum Gasteiger partial charge on any atom is 0.257 e. The number of anilines is 1. The number of hydrogen-bond acceptors (Lipinski definition) is 4. The monoisotopic (exact) mass is 430 g/mol. The number of benzene rings is 3. The highest BCUT2D eigenvalue weighted by Crippen LogP contribution is 2.26. The van der Waals surface area contributed by atoms with Crippen LogP contribution in [0.15, 0.2) is 89.1 Å². The van der Waals surface area contributed by atoms with Crippen molar-refractivity contribution in [2.75, 3.05) is 11.1 Å². The molecule has 1 amide bonds. The Bertz CT molecular complexity index is 1100. The molecule has 0 saturated carbocycles. The number of thioether (sulfide) groups is 1. The Hall–Kier alpha value is -2.89. The molecule has 5 heteroatoms. The fourth-order valence-electron chi connectivity index (χ4n) is 3.13. The average molecular weight is 431 g/mol. The van der Waals surface area contributed by atoms with Crippen LogP contribution in [0.1, 0.15) is 28.4 Å². The van der Waals surface area contributed by atoms with Gasteiger partial charge in [0.15, 0.2) is 5.13 Å². The van der Waals surface area contributed by atoms with Gasteiger partial charge in [-0.3, -0.25) is 10.1 Å². The second kappa shape index (κ2) is 9.74. The lowest BCUT2D eigenvalue weighted by atomic mass is 10.0. The molecule has 0 aliphatic heterocycles. The van der Waals surface area contributed by atoms with E-state index in [-0.39, 0.29) is 5.91 Å². The second-order valence-electron chi connectivity index (χ2n) is 6.81. The summed E-state index contributed by atoms with van der Waals surface area (Å²) in [5.41, 5.74) is 5.11. The Kier molecular flexibility index (Phi) is 6.62. The van der Waals surface area contributed by atoms with Crippen LogP contribution < -0.4 is 5.32 Å². The van der Waals surface area contributed by atoms with E-state index in [9.17, 15) is 4.79 Å². The molecule has 4 rings (SSSR count). The minimum Gasteiger partial charge on any atom is -0.298 e. The van der Waals surface area contributed by atoms with Crippen molar-refractivity contribution in [2.45, 2.75) is 18.2 Å². The first-order valence-electron chi connectivity index (χ1n) is 9.84. The summed E-state index contributed by atoms with van der Waals surface area (Å²) in [7, 11) is 0. The van der Waals surface area contributed by atoms with E-state index in [0.29, 0.717) is 10.7 Å². The molecule has 0 fully saturated rings. The van der Waals surface area contributed by atoms with Crippen LogP contribution in [-0.4, -0.2) is 16.6 Å². The molecule has 0 radical (unpaired) electrons. The predicted molar refractivity (Wildman–Crippen MR) is 128 cm³/mol. The van der Waals surface area contributed by atoms with Crippen molar-refractivity contribution in [3.8, 4) is 11.3 Å². The summed E-state index contributed by atoms with van der Waals surface area (Å²) < 4.78 is 0. The van der Waals surface area contributed by atoms with Crippen LogP contribution in [0.5, 0.6) is 0 Å². The van der Waals surface area contributed by atoms with E-state index in [2.05, 4.69) is 65.8 Å². The van der Waals surface area contributed by atoms with Crippen LogP contribution in [0.4, 0.5) is 5.13 Å². The van der Waals surface area contributed by atoms with E-state index in [1.54, 1.807) is 11.8 Å². The Morgan fingerprint density at radius 2 is 1.63 bits per heavy atom. The van der Waals surface area contributed by atoms with E-state index in [1.165, 1.54) is 27.4 Å². The van der Waals surface area contributed by atoms with Gasteiger partial charge in [0.25, 0.3) is 5.91 Å². The van der Waals surface area contributed by atoms with Gasteiger partial charge in [0.2, 0.25) is 0 Å². The first-order valence-corrected chi connectivity index (χ1v) is 11.7. The van der Waals surface area contributed by atoms with Crippen molar-refractivity contribution in [1.29, 1.82) is 0 Å². The predicted octanol–water partition coefficient (Wildman–Crippen LogP) is 6.77. The van der Waals surface area contributed by atoms with Gasteiger partial charge in [-0.2, -0.15) is 0 Å². The molecular formula is C25H22N2OS2. The molecule has 0 spiro atoms. The van der Waals surface area contributed by atoms with Crippen LogP contribution in [-0.2, 0) is 6.42 Å². The Balaban J connectivity index is 1.40. The van der Waals surface area contributed by atoms with Crippen molar-refractivity contribution in [2.24, 2.45) is 0 Å². The van der Waals surface area contributed by atoms with E-state index in [1.807, 2.05) is 35.7 Å². The summed E-state index contributed by atoms with van der Waals surface area (Å²) in [5, 5.41) is 5.49. The normalized spacial score (nSPS) is 10.7. The number of amides is 1. The summed E-state index contributed by atoms with van der Waals surface area (Å²) in [5.74, 6) is 0.878. The molecule has 0 unspecified atom stereocenters. The first kappa shape index (κ1) is 20.4. The molecule has 0 aliphatic rings. The third-order valence-electron chi connectivity index (χ3n) is 4.65. The molecule has 30 heavy (non-hydrogen) atoms. The van der Waals surface area contributed by atoms with Gasteiger partial charge in [0, 0.05) is 21.4 Å². The number of rotatable bonds is 7.